The zero-order valence-corrected chi connectivity index (χ0v) is 15.7. The molecule has 30 heavy (non-hydrogen) atoms. The molecule has 0 unspecified atom stereocenters. The predicted octanol–water partition coefficient (Wildman–Crippen LogP) is 0.520. The number of nitrogens with zero attached hydrogens (tertiary/aromatic N) is 4. The minimum atomic E-state index is -4.70. The summed E-state index contributed by atoms with van der Waals surface area (Å²) in [5.41, 5.74) is -0.897. The average Bonchev–Trinajstić information content (AvgIpc) is 3.04. The molecule has 10 nitrogen and oxygen atoms in total. The maximum absolute atomic E-state index is 12.9. The van der Waals surface area contributed by atoms with Crippen LogP contribution in [0.1, 0.15) is 29.7 Å². The minimum Gasteiger partial charge on any atom is -0.481 e. The Morgan fingerprint density at radius 2 is 2.07 bits per heavy atom. The third kappa shape index (κ3) is 4.86. The predicted molar refractivity (Wildman–Crippen MR) is 94.3 cm³/mol. The van der Waals surface area contributed by atoms with Gasteiger partial charge in [-0.3, -0.25) is 9.78 Å². The Morgan fingerprint density at radius 1 is 1.33 bits per heavy atom. The number of alkyl halides is 3. The molecule has 0 saturated carbocycles. The lowest BCUT2D eigenvalue weighted by molar-refractivity contribution is -0.141. The van der Waals surface area contributed by atoms with Crippen molar-refractivity contribution in [2.75, 3.05) is 11.9 Å². The number of carbonyl (C=O) groups is 1. The van der Waals surface area contributed by atoms with E-state index in [4.69, 9.17) is 9.84 Å². The van der Waals surface area contributed by atoms with Gasteiger partial charge in [-0.15, -0.1) is 0 Å². The number of carboxylic acids is 1. The van der Waals surface area contributed by atoms with Crippen LogP contribution >= 0.6 is 0 Å². The second-order valence-electron chi connectivity index (χ2n) is 6.86. The fraction of sp³-hybridized carbons (Fsp3) is 0.529. The van der Waals surface area contributed by atoms with Crippen LogP contribution in [0.25, 0.3) is 0 Å². The molecule has 0 bridgehead atoms. The summed E-state index contributed by atoms with van der Waals surface area (Å²) in [6, 6.07) is -1.09. The number of imidazole rings is 1. The van der Waals surface area contributed by atoms with Crippen molar-refractivity contribution in [2.45, 2.75) is 43.4 Å². The molecule has 0 spiro atoms. The second-order valence-corrected chi connectivity index (χ2v) is 6.86. The Morgan fingerprint density at radius 3 is 2.73 bits per heavy atom. The van der Waals surface area contributed by atoms with Crippen molar-refractivity contribution in [3.63, 3.8) is 0 Å². The van der Waals surface area contributed by atoms with Gasteiger partial charge in [0, 0.05) is 19.7 Å². The molecule has 0 radical (unpaired) electrons. The van der Waals surface area contributed by atoms with E-state index in [1.165, 1.54) is 0 Å². The van der Waals surface area contributed by atoms with E-state index in [1.54, 1.807) is 17.8 Å². The lowest BCUT2D eigenvalue weighted by atomic mass is 9.95. The Hall–Kier alpha value is -2.77. The topological polar surface area (TPSA) is 143 Å². The van der Waals surface area contributed by atoms with Crippen LogP contribution in [-0.4, -0.2) is 65.7 Å². The van der Waals surface area contributed by atoms with Gasteiger partial charge in [-0.25, -0.2) is 9.97 Å². The number of halogens is 3. The van der Waals surface area contributed by atoms with Gasteiger partial charge in [0.2, 0.25) is 0 Å². The monoisotopic (exact) mass is 431 g/mol. The zero-order valence-electron chi connectivity index (χ0n) is 15.7. The van der Waals surface area contributed by atoms with E-state index in [0.717, 1.165) is 6.20 Å². The van der Waals surface area contributed by atoms with Gasteiger partial charge in [0.05, 0.1) is 37.2 Å². The molecule has 0 amide bonds. The van der Waals surface area contributed by atoms with E-state index in [0.29, 0.717) is 17.7 Å². The Labute approximate surface area is 168 Å². The minimum absolute atomic E-state index is 0.140. The summed E-state index contributed by atoms with van der Waals surface area (Å²) in [5, 5.41) is 31.9. The van der Waals surface area contributed by atoms with Crippen LogP contribution in [0.2, 0.25) is 0 Å². The highest BCUT2D eigenvalue weighted by molar-refractivity contribution is 5.66. The zero-order chi connectivity index (χ0) is 22.1. The molecule has 13 heteroatoms. The summed E-state index contributed by atoms with van der Waals surface area (Å²) in [6.07, 6.45) is -5.12. The lowest BCUT2D eigenvalue weighted by Crippen LogP contribution is -2.52. The molecule has 1 fully saturated rings. The number of aryl methyl sites for hydroxylation is 2. The highest BCUT2D eigenvalue weighted by Crippen LogP contribution is 2.32. The van der Waals surface area contributed by atoms with Gasteiger partial charge in [0.1, 0.15) is 30.0 Å². The molecule has 1 saturated heterocycles. The van der Waals surface area contributed by atoms with Crippen LogP contribution in [0.5, 0.6) is 0 Å². The Bertz CT molecular complexity index is 906. The lowest BCUT2D eigenvalue weighted by Gasteiger charge is -2.38. The highest BCUT2D eigenvalue weighted by Gasteiger charge is 2.41. The number of anilines is 1. The van der Waals surface area contributed by atoms with Gasteiger partial charge in [-0.1, -0.05) is 0 Å². The van der Waals surface area contributed by atoms with E-state index in [-0.39, 0.29) is 25.3 Å². The summed E-state index contributed by atoms with van der Waals surface area (Å²) in [4.78, 5) is 22.1. The van der Waals surface area contributed by atoms with E-state index < -0.39 is 42.2 Å². The smallest absolute Gasteiger partial charge is 0.434 e. The van der Waals surface area contributed by atoms with Gasteiger partial charge >= 0.3 is 12.1 Å². The first-order valence-corrected chi connectivity index (χ1v) is 8.93. The van der Waals surface area contributed by atoms with E-state index in [9.17, 15) is 28.2 Å². The summed E-state index contributed by atoms with van der Waals surface area (Å²) >= 11 is 0. The van der Waals surface area contributed by atoms with Crippen LogP contribution in [0.15, 0.2) is 18.6 Å². The highest BCUT2D eigenvalue weighted by atomic mass is 19.4. The van der Waals surface area contributed by atoms with E-state index >= 15 is 0 Å². The number of hydrogen-bond acceptors (Lipinski definition) is 8. The van der Waals surface area contributed by atoms with Crippen molar-refractivity contribution in [1.29, 1.82) is 0 Å². The number of aromatic nitrogens is 4. The van der Waals surface area contributed by atoms with Gasteiger partial charge in [-0.05, 0) is 0 Å². The Balaban J connectivity index is 1.87. The fourth-order valence-corrected chi connectivity index (χ4v) is 3.11. The van der Waals surface area contributed by atoms with E-state index in [2.05, 4.69) is 20.3 Å². The number of hydrogen-bond donors (Lipinski definition) is 4. The maximum atomic E-state index is 12.9. The second kappa shape index (κ2) is 8.53. The Kier molecular flexibility index (Phi) is 6.24. The molecule has 2 aromatic rings. The van der Waals surface area contributed by atoms with Crippen LogP contribution < -0.4 is 5.32 Å². The van der Waals surface area contributed by atoms with Crippen molar-refractivity contribution in [1.82, 2.24) is 19.5 Å². The summed E-state index contributed by atoms with van der Waals surface area (Å²) in [6.45, 7) is -0.223. The summed E-state index contributed by atoms with van der Waals surface area (Å²) < 4.78 is 45.9. The first-order chi connectivity index (χ1) is 14.1. The van der Waals surface area contributed by atoms with Crippen LogP contribution in [0.3, 0.4) is 0 Å². The number of aliphatic hydroxyl groups is 2. The molecule has 4 N–H and O–H groups in total. The molecular weight excluding hydrogens is 411 g/mol. The summed E-state index contributed by atoms with van der Waals surface area (Å²) in [7, 11) is 1.66. The molecule has 3 heterocycles. The molecule has 2 aromatic heterocycles. The molecule has 0 aliphatic carbocycles. The first kappa shape index (κ1) is 21.9. The van der Waals surface area contributed by atoms with Crippen LogP contribution in [-0.2, 0) is 29.2 Å². The number of aliphatic carboxylic acids is 1. The van der Waals surface area contributed by atoms with Crippen molar-refractivity contribution >= 4 is 11.8 Å². The molecular formula is C17H20F3N5O5. The molecule has 0 aromatic carbocycles. The molecule has 1 aliphatic heterocycles. The first-order valence-electron chi connectivity index (χ1n) is 8.93. The average molecular weight is 431 g/mol. The maximum Gasteiger partial charge on any atom is 0.434 e. The van der Waals surface area contributed by atoms with Crippen molar-refractivity contribution in [3.05, 3.63) is 35.8 Å². The largest absolute Gasteiger partial charge is 0.481 e. The third-order valence-corrected chi connectivity index (χ3v) is 4.62. The fourth-order valence-electron chi connectivity index (χ4n) is 3.11. The standard InChI is InChI=1S/C17H20F3N5O5/c1-25-6-8(22-12(25)2-3-13(27)28)16-14(15(29)9(26)7-30-16)24-11-5-21-4-10(23-11)17(18,19)20/h4-6,9,14-16,26,29H,2-3,7H2,1H3,(H,23,24)(H,27,28)/t9-,14+,15-,16+/m0/s1. The number of aliphatic hydroxyl groups excluding tert-OH is 2. The number of carboxylic acid groups (broad SMARTS) is 1. The third-order valence-electron chi connectivity index (χ3n) is 4.62. The van der Waals surface area contributed by atoms with Crippen molar-refractivity contribution < 1.29 is 38.0 Å². The molecule has 4 atom stereocenters. The SMILES string of the molecule is Cn1cc([C@H]2OC[C@H](O)[C@H](O)[C@H]2Nc2cncc(C(F)(F)F)n2)nc1CCC(=O)O. The van der Waals surface area contributed by atoms with Gasteiger partial charge in [0.25, 0.3) is 0 Å². The van der Waals surface area contributed by atoms with Crippen LogP contribution in [0.4, 0.5) is 19.0 Å². The van der Waals surface area contributed by atoms with Crippen LogP contribution in [0, 0.1) is 0 Å². The van der Waals surface area contributed by atoms with E-state index in [1.807, 2.05) is 0 Å². The molecule has 3 rings (SSSR count). The normalized spacial score (nSPS) is 24.6. The van der Waals surface area contributed by atoms with Gasteiger partial charge in [0.15, 0.2) is 5.69 Å². The quantitative estimate of drug-likeness (QED) is 0.515. The van der Waals surface area contributed by atoms with Gasteiger partial charge in [-0.2, -0.15) is 13.2 Å². The van der Waals surface area contributed by atoms with Gasteiger partial charge < -0.3 is 29.9 Å². The van der Waals surface area contributed by atoms with Crippen molar-refractivity contribution in [3.8, 4) is 0 Å². The number of ether oxygens (including phenoxy) is 1. The number of rotatable bonds is 6. The van der Waals surface area contributed by atoms with Crippen molar-refractivity contribution in [2.24, 2.45) is 7.05 Å². The number of nitrogens with one attached hydrogen (secondary N) is 1. The summed E-state index contributed by atoms with van der Waals surface area (Å²) in [5.74, 6) is -0.803. The molecule has 1 aliphatic rings. The molecule has 164 valence electrons.